The predicted molar refractivity (Wildman–Crippen MR) is 73.1 cm³/mol. The molecule has 1 fully saturated rings. The molecule has 3 heteroatoms. The van der Waals surface area contributed by atoms with Gasteiger partial charge < -0.3 is 9.64 Å². The number of hydrogen-bond donors (Lipinski definition) is 0. The number of terminal acetylenes is 1. The van der Waals surface area contributed by atoms with E-state index >= 15 is 0 Å². The van der Waals surface area contributed by atoms with Gasteiger partial charge in [-0.3, -0.25) is 0 Å². The maximum Gasteiger partial charge on any atom is 0.410 e. The van der Waals surface area contributed by atoms with E-state index < -0.39 is 5.60 Å². The van der Waals surface area contributed by atoms with Crippen LogP contribution >= 0.6 is 0 Å². The monoisotopic (exact) mass is 249 g/mol. The van der Waals surface area contributed by atoms with Crippen LogP contribution in [0.5, 0.6) is 0 Å². The Morgan fingerprint density at radius 3 is 2.56 bits per heavy atom. The minimum absolute atomic E-state index is 0.194. The lowest BCUT2D eigenvalue weighted by Gasteiger charge is -2.33. The lowest BCUT2D eigenvalue weighted by molar-refractivity contribution is 0.0185. The summed E-state index contributed by atoms with van der Waals surface area (Å²) in [5.41, 5.74) is -0.413. The van der Waals surface area contributed by atoms with E-state index in [1.807, 2.05) is 26.8 Å². The Kier molecular flexibility index (Phi) is 5.27. The minimum atomic E-state index is -0.413. The quantitative estimate of drug-likeness (QED) is 0.703. The highest BCUT2D eigenvalue weighted by Crippen LogP contribution is 2.22. The Hall–Kier alpha value is -1.43. The maximum absolute atomic E-state index is 11.8. The van der Waals surface area contributed by atoms with Crippen LogP contribution in [-0.4, -0.2) is 29.7 Å². The third-order valence-electron chi connectivity index (χ3n) is 2.95. The average Bonchev–Trinajstić information content (AvgIpc) is 2.28. The van der Waals surface area contributed by atoms with Crippen LogP contribution in [0.1, 0.15) is 40.0 Å². The van der Waals surface area contributed by atoms with Crippen LogP contribution in [0, 0.1) is 18.3 Å². The van der Waals surface area contributed by atoms with Gasteiger partial charge >= 0.3 is 6.09 Å². The summed E-state index contributed by atoms with van der Waals surface area (Å²) < 4.78 is 5.36. The normalized spacial score (nSPS) is 17.8. The number of allylic oxidation sites excluding steroid dienone is 2. The van der Waals surface area contributed by atoms with Gasteiger partial charge in [0.15, 0.2) is 0 Å². The summed E-state index contributed by atoms with van der Waals surface area (Å²) in [5, 5.41) is 0. The Morgan fingerprint density at radius 2 is 2.06 bits per heavy atom. The van der Waals surface area contributed by atoms with E-state index in [4.69, 9.17) is 11.2 Å². The zero-order valence-corrected chi connectivity index (χ0v) is 11.6. The zero-order chi connectivity index (χ0) is 13.6. The van der Waals surface area contributed by atoms with E-state index in [9.17, 15) is 4.79 Å². The molecule has 18 heavy (non-hydrogen) atoms. The number of ether oxygens (including phenoxy) is 1. The van der Waals surface area contributed by atoms with Crippen LogP contribution in [0.2, 0.25) is 0 Å². The molecule has 3 nitrogen and oxygen atoms in total. The summed E-state index contributed by atoms with van der Waals surface area (Å²) in [7, 11) is 0. The van der Waals surface area contributed by atoms with Crippen molar-refractivity contribution in [2.45, 2.75) is 45.6 Å². The third kappa shape index (κ3) is 5.27. The van der Waals surface area contributed by atoms with Crippen molar-refractivity contribution < 1.29 is 9.53 Å². The van der Waals surface area contributed by atoms with Crippen molar-refractivity contribution >= 4 is 6.09 Å². The maximum atomic E-state index is 11.8. The van der Waals surface area contributed by atoms with Crippen molar-refractivity contribution in [2.24, 2.45) is 5.92 Å². The summed E-state index contributed by atoms with van der Waals surface area (Å²) in [6, 6.07) is 0. The molecule has 100 valence electrons. The van der Waals surface area contributed by atoms with E-state index in [-0.39, 0.29) is 6.09 Å². The largest absolute Gasteiger partial charge is 0.444 e. The molecule has 0 saturated carbocycles. The SMILES string of the molecule is C#C/C=C/CC1CCN(C(=O)OC(C)(C)C)CC1. The van der Waals surface area contributed by atoms with Crippen LogP contribution in [0.4, 0.5) is 4.79 Å². The van der Waals surface area contributed by atoms with Crippen LogP contribution in [-0.2, 0) is 4.74 Å². The molecule has 1 amide bonds. The van der Waals surface area contributed by atoms with Crippen LogP contribution < -0.4 is 0 Å². The van der Waals surface area contributed by atoms with Gasteiger partial charge in [0, 0.05) is 13.1 Å². The summed E-state index contributed by atoms with van der Waals surface area (Å²) >= 11 is 0. The molecule has 0 aromatic heterocycles. The van der Waals surface area contributed by atoms with E-state index in [0.717, 1.165) is 32.4 Å². The van der Waals surface area contributed by atoms with Crippen molar-refractivity contribution in [3.8, 4) is 12.3 Å². The lowest BCUT2D eigenvalue weighted by atomic mass is 9.93. The fraction of sp³-hybridized carbons (Fsp3) is 0.667. The topological polar surface area (TPSA) is 29.5 Å². The molecule has 1 aliphatic rings. The van der Waals surface area contributed by atoms with Crippen molar-refractivity contribution in [1.82, 2.24) is 4.90 Å². The first kappa shape index (κ1) is 14.6. The minimum Gasteiger partial charge on any atom is -0.444 e. The van der Waals surface area contributed by atoms with Crippen molar-refractivity contribution in [1.29, 1.82) is 0 Å². The number of nitrogens with zero attached hydrogens (tertiary/aromatic N) is 1. The molecule has 0 bridgehead atoms. The average molecular weight is 249 g/mol. The molecule has 1 heterocycles. The van der Waals surface area contributed by atoms with Gasteiger partial charge in [0.1, 0.15) is 5.60 Å². The third-order valence-corrected chi connectivity index (χ3v) is 2.95. The molecule has 0 spiro atoms. The Bertz CT molecular complexity index is 338. The smallest absolute Gasteiger partial charge is 0.410 e. The molecule has 1 rings (SSSR count). The van der Waals surface area contributed by atoms with Gasteiger partial charge in [0.25, 0.3) is 0 Å². The van der Waals surface area contributed by atoms with Crippen LogP contribution in [0.25, 0.3) is 0 Å². The van der Waals surface area contributed by atoms with Gasteiger partial charge in [0.2, 0.25) is 0 Å². The number of amides is 1. The van der Waals surface area contributed by atoms with Crippen LogP contribution in [0.3, 0.4) is 0 Å². The van der Waals surface area contributed by atoms with E-state index in [2.05, 4.69) is 5.92 Å². The number of rotatable bonds is 2. The second kappa shape index (κ2) is 6.49. The van der Waals surface area contributed by atoms with Gasteiger partial charge in [-0.05, 0) is 52.0 Å². The molecule has 1 aliphatic heterocycles. The highest BCUT2D eigenvalue weighted by molar-refractivity contribution is 5.68. The number of carbonyl (C=O) groups is 1. The Labute approximate surface area is 110 Å². The van der Waals surface area contributed by atoms with Crippen molar-refractivity contribution in [3.63, 3.8) is 0 Å². The number of hydrogen-bond acceptors (Lipinski definition) is 2. The second-order valence-electron chi connectivity index (χ2n) is 5.72. The highest BCUT2D eigenvalue weighted by Gasteiger charge is 2.26. The van der Waals surface area contributed by atoms with Crippen LogP contribution in [0.15, 0.2) is 12.2 Å². The zero-order valence-electron chi connectivity index (χ0n) is 11.6. The fourth-order valence-corrected chi connectivity index (χ4v) is 2.01. The van der Waals surface area contributed by atoms with Gasteiger partial charge in [-0.15, -0.1) is 6.42 Å². The second-order valence-corrected chi connectivity index (χ2v) is 5.72. The van der Waals surface area contributed by atoms with Crippen molar-refractivity contribution in [2.75, 3.05) is 13.1 Å². The van der Waals surface area contributed by atoms with E-state index in [1.54, 1.807) is 11.0 Å². The fourth-order valence-electron chi connectivity index (χ4n) is 2.01. The number of piperidine rings is 1. The van der Waals surface area contributed by atoms with E-state index in [0.29, 0.717) is 5.92 Å². The van der Waals surface area contributed by atoms with Gasteiger partial charge in [-0.1, -0.05) is 12.0 Å². The predicted octanol–water partition coefficient (Wildman–Crippen LogP) is 3.21. The summed E-state index contributed by atoms with van der Waals surface area (Å²) in [4.78, 5) is 13.6. The molecule has 0 N–H and O–H groups in total. The van der Waals surface area contributed by atoms with Crippen molar-refractivity contribution in [3.05, 3.63) is 12.2 Å². The summed E-state index contributed by atoms with van der Waals surface area (Å²) in [5.74, 6) is 3.13. The Morgan fingerprint density at radius 1 is 1.44 bits per heavy atom. The standard InChI is InChI=1S/C15H23NO2/c1-5-6-7-8-13-9-11-16(12-10-13)14(17)18-15(2,3)4/h1,6-7,13H,8-12H2,2-4H3/b7-6+. The summed E-state index contributed by atoms with van der Waals surface area (Å²) in [6.07, 6.45) is 11.8. The van der Waals surface area contributed by atoms with Gasteiger partial charge in [0.05, 0.1) is 0 Å². The Balaban J connectivity index is 2.33. The molecule has 0 radical (unpaired) electrons. The highest BCUT2D eigenvalue weighted by atomic mass is 16.6. The van der Waals surface area contributed by atoms with Gasteiger partial charge in [-0.25, -0.2) is 4.79 Å². The lowest BCUT2D eigenvalue weighted by Crippen LogP contribution is -2.41. The summed E-state index contributed by atoms with van der Waals surface area (Å²) in [6.45, 7) is 7.24. The number of likely N-dealkylation sites (tertiary alicyclic amines) is 1. The first-order valence-electron chi connectivity index (χ1n) is 6.51. The number of carbonyl (C=O) groups excluding carboxylic acids is 1. The molecular formula is C15H23NO2. The molecular weight excluding hydrogens is 226 g/mol. The molecule has 0 aliphatic carbocycles. The first-order valence-corrected chi connectivity index (χ1v) is 6.51. The molecule has 0 atom stereocenters. The van der Waals surface area contributed by atoms with Gasteiger partial charge in [-0.2, -0.15) is 0 Å². The molecule has 0 aromatic carbocycles. The first-order chi connectivity index (χ1) is 8.42. The van der Waals surface area contributed by atoms with E-state index in [1.165, 1.54) is 0 Å². The molecule has 0 aromatic rings. The molecule has 1 saturated heterocycles. The molecule has 0 unspecified atom stereocenters.